The Balaban J connectivity index is 2.14. The van der Waals surface area contributed by atoms with E-state index in [1.54, 1.807) is 0 Å². The Morgan fingerprint density at radius 2 is 2.00 bits per heavy atom. The number of fused-ring (bicyclic) bond motifs is 2. The molecule has 1 saturated carbocycles. The van der Waals surface area contributed by atoms with Gasteiger partial charge in [0.15, 0.2) is 6.61 Å². The topological polar surface area (TPSA) is 66.4 Å². The number of aliphatic carboxylic acids is 1. The maximum Gasteiger partial charge on any atom is 0.311 e. The van der Waals surface area contributed by atoms with Crippen LogP contribution in [-0.2, 0) is 14.3 Å². The van der Waals surface area contributed by atoms with Crippen molar-refractivity contribution in [1.82, 2.24) is 0 Å². The molecule has 84 valence electrons. The van der Waals surface area contributed by atoms with Crippen molar-refractivity contribution in [2.45, 2.75) is 6.42 Å². The second-order valence-corrected chi connectivity index (χ2v) is 4.13. The summed E-state index contributed by atoms with van der Waals surface area (Å²) in [5.74, 6) is -1.06. The van der Waals surface area contributed by atoms with Gasteiger partial charge in [-0.3, -0.25) is 4.79 Å². The van der Waals surface area contributed by atoms with Crippen molar-refractivity contribution in [3.8, 4) is 12.3 Å². The molecule has 0 spiro atoms. The zero-order chi connectivity index (χ0) is 11.7. The molecule has 0 aromatic carbocycles. The number of rotatable bonds is 3. The van der Waals surface area contributed by atoms with Crippen molar-refractivity contribution in [3.05, 3.63) is 12.2 Å². The number of carboxylic acid groups (broad SMARTS) is 1. The van der Waals surface area contributed by atoms with Gasteiger partial charge in [-0.25, -0.2) is 0 Å². The van der Waals surface area contributed by atoms with Crippen molar-refractivity contribution in [2.24, 2.45) is 23.7 Å². The van der Waals surface area contributed by atoms with E-state index in [4.69, 9.17) is 11.2 Å². The molecule has 2 aliphatic carbocycles. The van der Waals surface area contributed by atoms with Crippen LogP contribution in [0.2, 0.25) is 0 Å². The van der Waals surface area contributed by atoms with Crippen LogP contribution >= 0.6 is 0 Å². The van der Waals surface area contributed by atoms with Crippen LogP contribution in [0.25, 0.3) is 0 Å². The molecule has 2 bridgehead atoms. The molecular weight excluding hydrogens is 208 g/mol. The van der Waals surface area contributed by atoms with Gasteiger partial charge in [-0.05, 0) is 18.3 Å². The molecule has 2 rings (SSSR count). The van der Waals surface area contributed by atoms with Gasteiger partial charge in [-0.1, -0.05) is 18.1 Å². The maximum absolute atomic E-state index is 11.7. The minimum absolute atomic E-state index is 0.0434. The highest BCUT2D eigenvalue weighted by Gasteiger charge is 2.49. The number of carbonyl (C=O) groups is 2. The summed E-state index contributed by atoms with van der Waals surface area (Å²) in [4.78, 5) is 22.7. The molecule has 0 saturated heterocycles. The lowest BCUT2D eigenvalue weighted by Gasteiger charge is -2.26. The van der Waals surface area contributed by atoms with Crippen LogP contribution in [-0.4, -0.2) is 18.5 Å². The van der Waals surface area contributed by atoms with E-state index in [1.807, 2.05) is 12.2 Å². The summed E-state index contributed by atoms with van der Waals surface area (Å²) in [5, 5.41) is 11.0. The molecule has 0 unspecified atom stereocenters. The standard InChI is InChI=1S/C12H12O4/c1-2-5-16-12(15)10-8-4-3-7(6-8)9(10)11(13)14/h1,3-4,7-10H,5-6H2,(H,13,14)/p-1/t7-,8+,9-,10+/m0/s1. The normalized spacial score (nSPS) is 34.7. The molecule has 0 amide bonds. The third kappa shape index (κ3) is 1.58. The van der Waals surface area contributed by atoms with Gasteiger partial charge in [0.1, 0.15) is 0 Å². The number of esters is 1. The zero-order valence-electron chi connectivity index (χ0n) is 8.59. The summed E-state index contributed by atoms with van der Waals surface area (Å²) in [6.45, 7) is -0.115. The van der Waals surface area contributed by atoms with Crippen molar-refractivity contribution in [3.63, 3.8) is 0 Å². The third-order valence-corrected chi connectivity index (χ3v) is 3.30. The van der Waals surface area contributed by atoms with Gasteiger partial charge >= 0.3 is 5.97 Å². The molecule has 2 aliphatic rings. The number of hydrogen-bond donors (Lipinski definition) is 0. The van der Waals surface area contributed by atoms with Gasteiger partial charge in [0.05, 0.1) is 5.92 Å². The van der Waals surface area contributed by atoms with Crippen LogP contribution in [0, 0.1) is 36.0 Å². The molecule has 0 radical (unpaired) electrons. The second-order valence-electron chi connectivity index (χ2n) is 4.13. The van der Waals surface area contributed by atoms with Gasteiger partial charge in [0.2, 0.25) is 0 Å². The predicted molar refractivity (Wildman–Crippen MR) is 52.5 cm³/mol. The Labute approximate surface area is 93.3 Å². The van der Waals surface area contributed by atoms with E-state index in [-0.39, 0.29) is 18.4 Å². The fourth-order valence-electron chi connectivity index (χ4n) is 2.67. The quantitative estimate of drug-likeness (QED) is 0.359. The first kappa shape index (κ1) is 10.7. The maximum atomic E-state index is 11.7. The molecule has 0 aliphatic heterocycles. The summed E-state index contributed by atoms with van der Waals surface area (Å²) < 4.78 is 4.81. The molecule has 4 nitrogen and oxygen atoms in total. The molecule has 0 heterocycles. The van der Waals surface area contributed by atoms with Gasteiger partial charge in [-0.2, -0.15) is 0 Å². The van der Waals surface area contributed by atoms with Crippen LogP contribution < -0.4 is 5.11 Å². The Kier molecular flexibility index (Phi) is 2.69. The number of carbonyl (C=O) groups excluding carboxylic acids is 2. The monoisotopic (exact) mass is 219 g/mol. The predicted octanol–water partition coefficient (Wildman–Crippen LogP) is -0.649. The third-order valence-electron chi connectivity index (χ3n) is 3.30. The molecule has 1 fully saturated rings. The van der Waals surface area contributed by atoms with E-state index in [0.717, 1.165) is 0 Å². The summed E-state index contributed by atoms with van der Waals surface area (Å²) in [7, 11) is 0. The van der Waals surface area contributed by atoms with Gasteiger partial charge in [0, 0.05) is 11.9 Å². The van der Waals surface area contributed by atoms with E-state index in [9.17, 15) is 14.7 Å². The van der Waals surface area contributed by atoms with Crippen molar-refractivity contribution < 1.29 is 19.4 Å². The van der Waals surface area contributed by atoms with Gasteiger partial charge in [0.25, 0.3) is 0 Å². The Bertz CT molecular complexity index is 390. The highest BCUT2D eigenvalue weighted by molar-refractivity contribution is 5.82. The lowest BCUT2D eigenvalue weighted by atomic mass is 9.83. The minimum Gasteiger partial charge on any atom is -0.550 e. The second kappa shape index (κ2) is 4.01. The van der Waals surface area contributed by atoms with E-state index < -0.39 is 23.8 Å². The van der Waals surface area contributed by atoms with Crippen LogP contribution in [0.15, 0.2) is 12.2 Å². The lowest BCUT2D eigenvalue weighted by molar-refractivity contribution is -0.314. The SMILES string of the molecule is C#CCOC(=O)[C@H]1[C@@H](C(=O)[O-])[C@H]2C=C[C@@H]1C2. The van der Waals surface area contributed by atoms with Crippen molar-refractivity contribution >= 4 is 11.9 Å². The molecule has 0 N–H and O–H groups in total. The minimum atomic E-state index is -1.18. The van der Waals surface area contributed by atoms with Gasteiger partial charge < -0.3 is 14.6 Å². The molecule has 0 aromatic heterocycles. The lowest BCUT2D eigenvalue weighted by Crippen LogP contribution is -2.41. The number of ether oxygens (including phenoxy) is 1. The molecule has 4 atom stereocenters. The van der Waals surface area contributed by atoms with E-state index in [2.05, 4.69) is 5.92 Å². The molecular formula is C12H11O4-. The highest BCUT2D eigenvalue weighted by atomic mass is 16.5. The van der Waals surface area contributed by atoms with E-state index >= 15 is 0 Å². The first-order valence-electron chi connectivity index (χ1n) is 5.14. The first-order chi connectivity index (χ1) is 7.65. The first-order valence-corrected chi connectivity index (χ1v) is 5.14. The van der Waals surface area contributed by atoms with E-state index in [0.29, 0.717) is 6.42 Å². The number of allylic oxidation sites excluding steroid dienone is 2. The Hall–Kier alpha value is -1.76. The summed E-state index contributed by atoms with van der Waals surface area (Å²) >= 11 is 0. The number of hydrogen-bond acceptors (Lipinski definition) is 4. The van der Waals surface area contributed by atoms with Crippen LogP contribution in [0.1, 0.15) is 6.42 Å². The van der Waals surface area contributed by atoms with Gasteiger partial charge in [-0.15, -0.1) is 6.42 Å². The van der Waals surface area contributed by atoms with Crippen LogP contribution in [0.4, 0.5) is 0 Å². The summed E-state index contributed by atoms with van der Waals surface area (Å²) in [5.41, 5.74) is 0. The fourth-order valence-corrected chi connectivity index (χ4v) is 2.67. The average Bonchev–Trinajstić information content (AvgIpc) is 2.84. The largest absolute Gasteiger partial charge is 0.550 e. The Morgan fingerprint density at radius 1 is 1.38 bits per heavy atom. The van der Waals surface area contributed by atoms with Crippen molar-refractivity contribution in [2.75, 3.05) is 6.61 Å². The van der Waals surface area contributed by atoms with E-state index in [1.165, 1.54) is 0 Å². The number of terminal acetylenes is 1. The average molecular weight is 219 g/mol. The fraction of sp³-hybridized carbons (Fsp3) is 0.500. The number of carboxylic acids is 1. The van der Waals surface area contributed by atoms with Crippen LogP contribution in [0.5, 0.6) is 0 Å². The summed E-state index contributed by atoms with van der Waals surface area (Å²) in [6.07, 6.45) is 9.39. The molecule has 16 heavy (non-hydrogen) atoms. The smallest absolute Gasteiger partial charge is 0.311 e. The van der Waals surface area contributed by atoms with Crippen molar-refractivity contribution in [1.29, 1.82) is 0 Å². The highest BCUT2D eigenvalue weighted by Crippen LogP contribution is 2.48. The van der Waals surface area contributed by atoms with Crippen LogP contribution in [0.3, 0.4) is 0 Å². The Morgan fingerprint density at radius 3 is 2.56 bits per heavy atom. The molecule has 4 heteroatoms. The zero-order valence-corrected chi connectivity index (χ0v) is 8.59. The molecule has 0 aromatic rings. The summed E-state index contributed by atoms with van der Waals surface area (Å²) in [6, 6.07) is 0.